The molecule has 4 aliphatic rings. The molecule has 2 aliphatic heterocycles. The number of amidine groups is 1. The Labute approximate surface area is 181 Å². The number of carbonyl (C=O) groups excluding carboxylic acids is 1. The van der Waals surface area contributed by atoms with E-state index in [1.165, 1.54) is 19.3 Å². The molecule has 2 aromatic rings. The standard InChI is InChI=1S/C23H29N7O/c24-14-26-22(28-12-19-6-7-20(13-28)30(19)23(31)15-4-5-15)21-8-16(9-25-21)17-10-27-29(11-17)18-2-1-3-18/h8-11,14-15,18-20,24-25H,1-7,12-13H2. The summed E-state index contributed by atoms with van der Waals surface area (Å²) in [6.07, 6.45) is 15.1. The highest BCUT2D eigenvalue weighted by atomic mass is 16.2. The second-order valence-electron chi connectivity index (χ2n) is 9.49. The highest BCUT2D eigenvalue weighted by Gasteiger charge is 2.47. The Kier molecular flexibility index (Phi) is 4.47. The van der Waals surface area contributed by atoms with Gasteiger partial charge in [0.15, 0.2) is 5.84 Å². The van der Waals surface area contributed by atoms with Crippen LogP contribution in [0.2, 0.25) is 0 Å². The van der Waals surface area contributed by atoms with Crippen LogP contribution in [0.25, 0.3) is 11.1 Å². The molecule has 2 N–H and O–H groups in total. The van der Waals surface area contributed by atoms with E-state index in [0.717, 1.165) is 67.8 Å². The van der Waals surface area contributed by atoms with Crippen molar-refractivity contribution in [3.63, 3.8) is 0 Å². The number of H-pyrrole nitrogens is 1. The molecule has 31 heavy (non-hydrogen) atoms. The molecule has 2 aliphatic carbocycles. The summed E-state index contributed by atoms with van der Waals surface area (Å²) in [5.41, 5.74) is 3.10. The zero-order valence-corrected chi connectivity index (χ0v) is 17.7. The van der Waals surface area contributed by atoms with Gasteiger partial charge in [-0.05, 0) is 51.0 Å². The molecule has 2 saturated carbocycles. The minimum Gasteiger partial charge on any atom is -0.358 e. The van der Waals surface area contributed by atoms with Gasteiger partial charge in [0, 0.05) is 54.6 Å². The van der Waals surface area contributed by atoms with Gasteiger partial charge in [0.25, 0.3) is 0 Å². The molecule has 2 unspecified atom stereocenters. The molecule has 8 nitrogen and oxygen atoms in total. The molecule has 2 bridgehead atoms. The van der Waals surface area contributed by atoms with Crippen molar-refractivity contribution in [2.75, 3.05) is 13.1 Å². The summed E-state index contributed by atoms with van der Waals surface area (Å²) < 4.78 is 2.09. The number of fused-ring (bicyclic) bond motifs is 2. The normalized spacial score (nSPS) is 26.3. The SMILES string of the molecule is N=CN=C(c1cc(-c2cnn(C3CCC3)c2)c[nH]1)N1CC2CCC(C1)N2C(=O)C1CC1. The summed E-state index contributed by atoms with van der Waals surface area (Å²) in [7, 11) is 0. The van der Waals surface area contributed by atoms with Crippen molar-refractivity contribution in [2.45, 2.75) is 63.1 Å². The highest BCUT2D eigenvalue weighted by Crippen LogP contribution is 2.38. The Bertz CT molecular complexity index is 1010. The lowest BCUT2D eigenvalue weighted by Gasteiger charge is -2.42. The van der Waals surface area contributed by atoms with E-state index in [2.05, 4.69) is 41.8 Å². The van der Waals surface area contributed by atoms with Crippen LogP contribution in [0.3, 0.4) is 0 Å². The number of carbonyl (C=O) groups is 1. The lowest BCUT2D eigenvalue weighted by Crippen LogP contribution is -2.57. The van der Waals surface area contributed by atoms with Gasteiger partial charge in [-0.2, -0.15) is 5.10 Å². The fraction of sp³-hybridized carbons (Fsp3) is 0.565. The molecule has 2 aromatic heterocycles. The van der Waals surface area contributed by atoms with E-state index < -0.39 is 0 Å². The van der Waals surface area contributed by atoms with Crippen molar-refractivity contribution in [1.29, 1.82) is 5.41 Å². The van der Waals surface area contributed by atoms with Gasteiger partial charge in [0.1, 0.15) is 6.34 Å². The lowest BCUT2D eigenvalue weighted by atomic mass is 9.93. The van der Waals surface area contributed by atoms with Gasteiger partial charge < -0.3 is 14.8 Å². The van der Waals surface area contributed by atoms with Gasteiger partial charge in [0.2, 0.25) is 5.91 Å². The largest absolute Gasteiger partial charge is 0.358 e. The Hall–Kier alpha value is -2.90. The van der Waals surface area contributed by atoms with Crippen molar-refractivity contribution in [3.05, 3.63) is 30.4 Å². The van der Waals surface area contributed by atoms with Crippen LogP contribution < -0.4 is 0 Å². The number of aromatic nitrogens is 3. The van der Waals surface area contributed by atoms with Crippen LogP contribution in [0.15, 0.2) is 29.6 Å². The van der Waals surface area contributed by atoms with Gasteiger partial charge in [0.05, 0.1) is 17.9 Å². The fourth-order valence-electron chi connectivity index (χ4n) is 5.39. The first-order valence-electron chi connectivity index (χ1n) is 11.6. The van der Waals surface area contributed by atoms with Crippen molar-refractivity contribution < 1.29 is 4.79 Å². The Morgan fingerprint density at radius 2 is 1.87 bits per heavy atom. The van der Waals surface area contributed by atoms with Crippen LogP contribution in [-0.2, 0) is 4.79 Å². The smallest absolute Gasteiger partial charge is 0.226 e. The monoisotopic (exact) mass is 419 g/mol. The topological polar surface area (TPSA) is 93.4 Å². The van der Waals surface area contributed by atoms with E-state index in [9.17, 15) is 4.79 Å². The number of hydrogen-bond acceptors (Lipinski definition) is 3. The summed E-state index contributed by atoms with van der Waals surface area (Å²) in [5, 5.41) is 12.2. The van der Waals surface area contributed by atoms with Crippen LogP contribution in [-0.4, -0.2) is 67.8 Å². The second-order valence-corrected chi connectivity index (χ2v) is 9.49. The Balaban J connectivity index is 1.22. The van der Waals surface area contributed by atoms with Gasteiger partial charge in [-0.3, -0.25) is 14.9 Å². The molecule has 0 radical (unpaired) electrons. The Morgan fingerprint density at radius 3 is 2.52 bits per heavy atom. The molecule has 6 rings (SSSR count). The summed E-state index contributed by atoms with van der Waals surface area (Å²) in [4.78, 5) is 25.0. The van der Waals surface area contributed by atoms with E-state index in [-0.39, 0.29) is 18.0 Å². The first kappa shape index (κ1) is 18.8. The number of nitrogens with one attached hydrogen (secondary N) is 2. The molecule has 8 heteroatoms. The van der Waals surface area contributed by atoms with Crippen molar-refractivity contribution in [1.82, 2.24) is 24.6 Å². The van der Waals surface area contributed by atoms with Crippen LogP contribution >= 0.6 is 0 Å². The van der Waals surface area contributed by atoms with Crippen LogP contribution in [0.1, 0.15) is 56.7 Å². The van der Waals surface area contributed by atoms with Crippen LogP contribution in [0.4, 0.5) is 0 Å². The maximum Gasteiger partial charge on any atom is 0.226 e. The first-order valence-corrected chi connectivity index (χ1v) is 11.6. The highest BCUT2D eigenvalue weighted by molar-refractivity contribution is 6.02. The van der Waals surface area contributed by atoms with E-state index in [1.807, 2.05) is 12.4 Å². The molecule has 0 spiro atoms. The van der Waals surface area contributed by atoms with E-state index >= 15 is 0 Å². The summed E-state index contributed by atoms with van der Waals surface area (Å²) in [6, 6.07) is 3.18. The van der Waals surface area contributed by atoms with Crippen molar-refractivity contribution in [2.24, 2.45) is 10.9 Å². The molecule has 2 saturated heterocycles. The third-order valence-electron chi connectivity index (χ3n) is 7.46. The summed E-state index contributed by atoms with van der Waals surface area (Å²) in [5.74, 6) is 1.43. The zero-order valence-electron chi connectivity index (χ0n) is 17.7. The van der Waals surface area contributed by atoms with Crippen LogP contribution in [0.5, 0.6) is 0 Å². The average Bonchev–Trinajstić information content (AvgIpc) is 3.16. The molecule has 1 amide bonds. The van der Waals surface area contributed by atoms with E-state index in [4.69, 9.17) is 5.41 Å². The maximum absolute atomic E-state index is 12.8. The number of amides is 1. The molecular weight excluding hydrogens is 390 g/mol. The van der Waals surface area contributed by atoms with E-state index in [1.54, 1.807) is 0 Å². The molecule has 2 atom stereocenters. The number of hydrogen-bond donors (Lipinski definition) is 2. The third-order valence-corrected chi connectivity index (χ3v) is 7.46. The van der Waals surface area contributed by atoms with Crippen molar-refractivity contribution >= 4 is 18.1 Å². The Morgan fingerprint density at radius 1 is 1.10 bits per heavy atom. The minimum absolute atomic E-state index is 0.262. The van der Waals surface area contributed by atoms with E-state index in [0.29, 0.717) is 11.9 Å². The number of aromatic amines is 1. The first-order chi connectivity index (χ1) is 15.2. The zero-order chi connectivity index (χ0) is 20.9. The summed E-state index contributed by atoms with van der Waals surface area (Å²) >= 11 is 0. The molecule has 162 valence electrons. The number of piperazine rings is 1. The minimum atomic E-state index is 0.262. The van der Waals surface area contributed by atoms with Gasteiger partial charge >= 0.3 is 0 Å². The molecular formula is C23H29N7O. The molecule has 4 fully saturated rings. The van der Waals surface area contributed by atoms with Gasteiger partial charge in [-0.1, -0.05) is 0 Å². The number of nitrogens with zero attached hydrogens (tertiary/aromatic N) is 5. The number of aliphatic imine (C=N–C) groups is 1. The predicted molar refractivity (Wildman–Crippen MR) is 118 cm³/mol. The van der Waals surface area contributed by atoms with Gasteiger partial charge in [-0.25, -0.2) is 4.99 Å². The maximum atomic E-state index is 12.8. The predicted octanol–water partition coefficient (Wildman–Crippen LogP) is 3.04. The van der Waals surface area contributed by atoms with Crippen LogP contribution in [0, 0.1) is 11.3 Å². The molecule has 4 heterocycles. The number of rotatable bonds is 5. The number of likely N-dealkylation sites (tertiary alicyclic amines) is 1. The third kappa shape index (κ3) is 3.28. The molecule has 0 aromatic carbocycles. The van der Waals surface area contributed by atoms with Gasteiger partial charge in [-0.15, -0.1) is 0 Å². The average molecular weight is 420 g/mol. The van der Waals surface area contributed by atoms with Crippen molar-refractivity contribution in [3.8, 4) is 11.1 Å². The second kappa shape index (κ2) is 7.35. The summed E-state index contributed by atoms with van der Waals surface area (Å²) in [6.45, 7) is 1.57. The quantitative estimate of drug-likeness (QED) is 0.576. The lowest BCUT2D eigenvalue weighted by molar-refractivity contribution is -0.137. The fourth-order valence-corrected chi connectivity index (χ4v) is 5.39.